The Balaban J connectivity index is 1.88. The number of nitrogens with two attached hydrogens (primary N) is 1. The third kappa shape index (κ3) is 3.46. The predicted octanol–water partition coefficient (Wildman–Crippen LogP) is 0.470. The topological polar surface area (TPSA) is 93.7 Å². The van der Waals surface area contributed by atoms with Gasteiger partial charge in [-0.15, -0.1) is 0 Å². The SMILES string of the molecule is COc1ccc2ncc(F)c(C(O)CN3CCO[C@H](CN)C3)c2n1. The molecule has 1 saturated heterocycles. The molecule has 1 unspecified atom stereocenters. The van der Waals surface area contributed by atoms with Gasteiger partial charge in [-0.2, -0.15) is 0 Å². The number of fused-ring (bicyclic) bond motifs is 1. The Kier molecular flexibility index (Phi) is 5.20. The molecular formula is C16H21FN4O3. The molecule has 130 valence electrons. The van der Waals surface area contributed by atoms with Gasteiger partial charge in [-0.1, -0.05) is 0 Å². The van der Waals surface area contributed by atoms with E-state index < -0.39 is 11.9 Å². The van der Waals surface area contributed by atoms with E-state index >= 15 is 0 Å². The van der Waals surface area contributed by atoms with Gasteiger partial charge in [0, 0.05) is 37.8 Å². The van der Waals surface area contributed by atoms with Crippen LogP contribution in [-0.4, -0.2) is 66.0 Å². The molecule has 0 bridgehead atoms. The van der Waals surface area contributed by atoms with E-state index in [1.54, 1.807) is 12.1 Å². The molecule has 2 aromatic heterocycles. The van der Waals surface area contributed by atoms with E-state index in [0.717, 1.165) is 6.20 Å². The smallest absolute Gasteiger partial charge is 0.213 e. The van der Waals surface area contributed by atoms with E-state index in [1.807, 2.05) is 4.90 Å². The highest BCUT2D eigenvalue weighted by Crippen LogP contribution is 2.27. The van der Waals surface area contributed by atoms with E-state index in [9.17, 15) is 9.50 Å². The van der Waals surface area contributed by atoms with Crippen LogP contribution in [0.25, 0.3) is 11.0 Å². The first-order valence-corrected chi connectivity index (χ1v) is 7.83. The van der Waals surface area contributed by atoms with Crippen LogP contribution in [0.15, 0.2) is 18.3 Å². The number of hydrogen-bond donors (Lipinski definition) is 2. The monoisotopic (exact) mass is 336 g/mol. The average Bonchev–Trinajstić information content (AvgIpc) is 2.61. The van der Waals surface area contributed by atoms with E-state index in [1.165, 1.54) is 7.11 Å². The first-order valence-electron chi connectivity index (χ1n) is 7.83. The average molecular weight is 336 g/mol. The standard InChI is InChI=1S/C16H21FN4O3/c1-23-14-3-2-12-16(20-14)15(11(17)7-19-12)13(22)9-21-4-5-24-10(6-18)8-21/h2-3,7,10,13,22H,4-6,8-9,18H2,1H3/t10-,13?/m1/s1. The fraction of sp³-hybridized carbons (Fsp3) is 0.500. The van der Waals surface area contributed by atoms with Gasteiger partial charge in [0.1, 0.15) is 11.3 Å². The van der Waals surface area contributed by atoms with Gasteiger partial charge in [0.15, 0.2) is 0 Å². The van der Waals surface area contributed by atoms with Crippen molar-refractivity contribution in [3.05, 3.63) is 29.7 Å². The van der Waals surface area contributed by atoms with Crippen LogP contribution in [0.1, 0.15) is 11.7 Å². The zero-order valence-corrected chi connectivity index (χ0v) is 13.5. The second-order valence-electron chi connectivity index (χ2n) is 5.75. The van der Waals surface area contributed by atoms with Crippen molar-refractivity contribution in [1.29, 1.82) is 0 Å². The molecule has 0 spiro atoms. The van der Waals surface area contributed by atoms with Crippen LogP contribution < -0.4 is 10.5 Å². The lowest BCUT2D eigenvalue weighted by Gasteiger charge is -2.33. The van der Waals surface area contributed by atoms with Gasteiger partial charge >= 0.3 is 0 Å². The van der Waals surface area contributed by atoms with Crippen molar-refractivity contribution < 1.29 is 19.0 Å². The fourth-order valence-electron chi connectivity index (χ4n) is 2.90. The lowest BCUT2D eigenvalue weighted by atomic mass is 10.1. The molecule has 0 radical (unpaired) electrons. The number of hydrogen-bond acceptors (Lipinski definition) is 7. The summed E-state index contributed by atoms with van der Waals surface area (Å²) in [5.74, 6) is -0.239. The maximum Gasteiger partial charge on any atom is 0.213 e. The minimum Gasteiger partial charge on any atom is -0.481 e. The number of methoxy groups -OCH3 is 1. The van der Waals surface area contributed by atoms with Crippen LogP contribution in [0.3, 0.4) is 0 Å². The molecule has 2 atom stereocenters. The first kappa shape index (κ1) is 17.0. The summed E-state index contributed by atoms with van der Waals surface area (Å²) in [4.78, 5) is 10.3. The van der Waals surface area contributed by atoms with Gasteiger partial charge in [-0.25, -0.2) is 9.37 Å². The van der Waals surface area contributed by atoms with Gasteiger partial charge < -0.3 is 20.3 Å². The molecule has 0 saturated carbocycles. The van der Waals surface area contributed by atoms with Crippen molar-refractivity contribution in [2.45, 2.75) is 12.2 Å². The highest BCUT2D eigenvalue weighted by Gasteiger charge is 2.25. The van der Waals surface area contributed by atoms with Crippen LogP contribution in [0, 0.1) is 5.82 Å². The molecular weight excluding hydrogens is 315 g/mol. The number of morpholine rings is 1. The summed E-state index contributed by atoms with van der Waals surface area (Å²) < 4.78 is 24.9. The maximum atomic E-state index is 14.3. The van der Waals surface area contributed by atoms with Crippen molar-refractivity contribution in [2.24, 2.45) is 5.73 Å². The van der Waals surface area contributed by atoms with Crippen molar-refractivity contribution in [1.82, 2.24) is 14.9 Å². The number of ether oxygens (including phenoxy) is 2. The lowest BCUT2D eigenvalue weighted by molar-refractivity contribution is -0.0362. The molecule has 0 amide bonds. The maximum absolute atomic E-state index is 14.3. The Bertz CT molecular complexity index is 715. The fourth-order valence-corrected chi connectivity index (χ4v) is 2.90. The number of aliphatic hydroxyl groups is 1. The number of nitrogens with zero attached hydrogens (tertiary/aromatic N) is 3. The molecule has 3 N–H and O–H groups in total. The molecule has 1 fully saturated rings. The Morgan fingerprint density at radius 2 is 2.38 bits per heavy atom. The second kappa shape index (κ2) is 7.35. The summed E-state index contributed by atoms with van der Waals surface area (Å²) in [7, 11) is 1.48. The minimum atomic E-state index is -1.04. The molecule has 24 heavy (non-hydrogen) atoms. The van der Waals surface area contributed by atoms with E-state index in [4.69, 9.17) is 15.2 Å². The quantitative estimate of drug-likeness (QED) is 0.820. The van der Waals surface area contributed by atoms with Gasteiger partial charge in [-0.05, 0) is 6.07 Å². The number of aromatic nitrogens is 2. The minimum absolute atomic E-state index is 0.0665. The summed E-state index contributed by atoms with van der Waals surface area (Å²) >= 11 is 0. The van der Waals surface area contributed by atoms with Gasteiger partial charge in [-0.3, -0.25) is 9.88 Å². The van der Waals surface area contributed by atoms with Crippen molar-refractivity contribution in [3.8, 4) is 5.88 Å². The summed E-state index contributed by atoms with van der Waals surface area (Å²) in [5, 5.41) is 10.6. The molecule has 0 aliphatic carbocycles. The molecule has 2 aromatic rings. The molecule has 8 heteroatoms. The van der Waals surface area contributed by atoms with Crippen molar-refractivity contribution in [3.63, 3.8) is 0 Å². The van der Waals surface area contributed by atoms with Gasteiger partial charge in [0.25, 0.3) is 0 Å². The highest BCUT2D eigenvalue weighted by atomic mass is 19.1. The molecule has 7 nitrogen and oxygen atoms in total. The molecule has 0 aromatic carbocycles. The van der Waals surface area contributed by atoms with Crippen molar-refractivity contribution >= 4 is 11.0 Å². The van der Waals surface area contributed by atoms with Crippen LogP contribution in [-0.2, 0) is 4.74 Å². The zero-order chi connectivity index (χ0) is 17.1. The van der Waals surface area contributed by atoms with Crippen LogP contribution in [0.4, 0.5) is 4.39 Å². The largest absolute Gasteiger partial charge is 0.481 e. The Labute approximate surface area is 139 Å². The van der Waals surface area contributed by atoms with E-state index in [0.29, 0.717) is 43.2 Å². The molecule has 3 rings (SSSR count). The number of pyridine rings is 2. The zero-order valence-electron chi connectivity index (χ0n) is 13.5. The van der Waals surface area contributed by atoms with Gasteiger partial charge in [0.05, 0.1) is 37.6 Å². The van der Waals surface area contributed by atoms with Crippen LogP contribution >= 0.6 is 0 Å². The summed E-state index contributed by atoms with van der Waals surface area (Å²) in [6, 6.07) is 3.34. The molecule has 3 heterocycles. The lowest BCUT2D eigenvalue weighted by Crippen LogP contribution is -2.46. The predicted molar refractivity (Wildman–Crippen MR) is 86.2 cm³/mol. The van der Waals surface area contributed by atoms with Gasteiger partial charge in [0.2, 0.25) is 5.88 Å². The summed E-state index contributed by atoms with van der Waals surface area (Å²) in [5.41, 5.74) is 6.58. The number of β-amino-alcohol motifs (C(OH)–C–C–N with tert-alkyl or cyclic N) is 1. The Morgan fingerprint density at radius 1 is 1.54 bits per heavy atom. The first-order chi connectivity index (χ1) is 11.6. The number of halogens is 1. The summed E-state index contributed by atoms with van der Waals surface area (Å²) in [6.07, 6.45) is 0.00617. The Morgan fingerprint density at radius 3 is 3.12 bits per heavy atom. The normalized spacial score (nSPS) is 20.2. The summed E-state index contributed by atoms with van der Waals surface area (Å²) in [6.45, 7) is 2.50. The van der Waals surface area contributed by atoms with E-state index in [2.05, 4.69) is 9.97 Å². The number of rotatable bonds is 5. The second-order valence-corrected chi connectivity index (χ2v) is 5.75. The van der Waals surface area contributed by atoms with Crippen molar-refractivity contribution in [2.75, 3.05) is 39.9 Å². The number of aliphatic hydroxyl groups excluding tert-OH is 1. The highest BCUT2D eigenvalue weighted by molar-refractivity contribution is 5.78. The van der Waals surface area contributed by atoms with Crippen LogP contribution in [0.5, 0.6) is 5.88 Å². The Hall–Kier alpha value is -1.87. The molecule has 1 aliphatic heterocycles. The third-order valence-electron chi connectivity index (χ3n) is 4.14. The molecule has 1 aliphatic rings. The van der Waals surface area contributed by atoms with Crippen LogP contribution in [0.2, 0.25) is 0 Å². The third-order valence-corrected chi connectivity index (χ3v) is 4.14. The van der Waals surface area contributed by atoms with E-state index in [-0.39, 0.29) is 18.2 Å².